The number of aromatic nitrogens is 1. The zero-order valence-corrected chi connectivity index (χ0v) is 12.8. The fourth-order valence-electron chi connectivity index (χ4n) is 3.03. The van der Waals surface area contributed by atoms with Crippen LogP contribution in [0.1, 0.15) is 67.1 Å². The summed E-state index contributed by atoms with van der Waals surface area (Å²) in [6, 6.07) is 0.470. The summed E-state index contributed by atoms with van der Waals surface area (Å²) in [5.41, 5.74) is 1.29. The molecule has 2 nitrogen and oxygen atoms in total. The Hall–Kier alpha value is -0.410. The van der Waals surface area contributed by atoms with E-state index in [0.29, 0.717) is 6.04 Å². The topological polar surface area (TPSA) is 24.9 Å². The molecule has 2 rings (SSSR count). The van der Waals surface area contributed by atoms with E-state index in [-0.39, 0.29) is 0 Å². The van der Waals surface area contributed by atoms with E-state index < -0.39 is 0 Å². The van der Waals surface area contributed by atoms with Gasteiger partial charge in [0.05, 0.1) is 11.7 Å². The van der Waals surface area contributed by atoms with Crippen LogP contribution in [0.3, 0.4) is 0 Å². The molecule has 1 aliphatic carbocycles. The van der Waals surface area contributed by atoms with Crippen molar-refractivity contribution in [3.8, 4) is 0 Å². The summed E-state index contributed by atoms with van der Waals surface area (Å²) < 4.78 is 0. The van der Waals surface area contributed by atoms with Crippen molar-refractivity contribution in [1.82, 2.24) is 10.3 Å². The van der Waals surface area contributed by atoms with Crippen LogP contribution in [0.15, 0.2) is 0 Å². The molecule has 0 radical (unpaired) electrons. The Morgan fingerprint density at radius 1 is 1.33 bits per heavy atom. The molecule has 1 atom stereocenters. The van der Waals surface area contributed by atoms with Crippen LogP contribution >= 0.6 is 11.3 Å². The van der Waals surface area contributed by atoms with Crippen molar-refractivity contribution >= 4 is 11.3 Å². The first kappa shape index (κ1) is 14.0. The lowest BCUT2D eigenvalue weighted by atomic mass is 9.85. The predicted octanol–water partition coefficient (Wildman–Crippen LogP) is 4.24. The zero-order chi connectivity index (χ0) is 13.0. The van der Waals surface area contributed by atoms with Crippen molar-refractivity contribution in [2.24, 2.45) is 5.92 Å². The van der Waals surface area contributed by atoms with Crippen molar-refractivity contribution in [1.29, 1.82) is 0 Å². The van der Waals surface area contributed by atoms with Crippen molar-refractivity contribution < 1.29 is 0 Å². The van der Waals surface area contributed by atoms with Gasteiger partial charge in [0.2, 0.25) is 0 Å². The monoisotopic (exact) mass is 266 g/mol. The van der Waals surface area contributed by atoms with E-state index in [1.807, 2.05) is 11.3 Å². The van der Waals surface area contributed by atoms with Gasteiger partial charge >= 0.3 is 0 Å². The van der Waals surface area contributed by atoms with Crippen LogP contribution in [0.4, 0.5) is 0 Å². The molecule has 0 bridgehead atoms. The highest BCUT2D eigenvalue weighted by molar-refractivity contribution is 7.11. The highest BCUT2D eigenvalue weighted by atomic mass is 32.1. The third-order valence-electron chi connectivity index (χ3n) is 4.18. The van der Waals surface area contributed by atoms with Crippen LogP contribution in [0.5, 0.6) is 0 Å². The van der Waals surface area contributed by atoms with Crippen molar-refractivity contribution in [3.05, 3.63) is 15.6 Å². The molecule has 0 aliphatic heterocycles. The average Bonchev–Trinajstić information content (AvgIpc) is 2.78. The van der Waals surface area contributed by atoms with Crippen LogP contribution < -0.4 is 5.32 Å². The first-order valence-corrected chi connectivity index (χ1v) is 8.19. The Bertz CT molecular complexity index is 367. The van der Waals surface area contributed by atoms with Gasteiger partial charge in [-0.1, -0.05) is 39.0 Å². The molecular formula is C15H26N2S. The minimum Gasteiger partial charge on any atom is -0.311 e. The van der Waals surface area contributed by atoms with E-state index in [1.165, 1.54) is 54.1 Å². The van der Waals surface area contributed by atoms with E-state index >= 15 is 0 Å². The fraction of sp³-hybridized carbons (Fsp3) is 0.800. The maximum Gasteiger partial charge on any atom is 0.110 e. The van der Waals surface area contributed by atoms with Crippen molar-refractivity contribution in [3.63, 3.8) is 0 Å². The summed E-state index contributed by atoms with van der Waals surface area (Å²) in [6.45, 7) is 4.40. The summed E-state index contributed by atoms with van der Waals surface area (Å²) in [7, 11) is 2.08. The van der Waals surface area contributed by atoms with Gasteiger partial charge in [0.25, 0.3) is 0 Å². The first-order valence-electron chi connectivity index (χ1n) is 7.38. The number of hydrogen-bond acceptors (Lipinski definition) is 3. The zero-order valence-electron chi connectivity index (χ0n) is 12.0. The van der Waals surface area contributed by atoms with Gasteiger partial charge in [-0.2, -0.15) is 0 Å². The van der Waals surface area contributed by atoms with Crippen LogP contribution in [0.25, 0.3) is 0 Å². The SMILES string of the molecule is CCc1nc(C(CC2CCCCC2)NC)sc1C. The third kappa shape index (κ3) is 3.33. The molecule has 1 heterocycles. The molecule has 1 aromatic rings. The lowest BCUT2D eigenvalue weighted by molar-refractivity contribution is 0.305. The normalized spacial score (nSPS) is 19.1. The predicted molar refractivity (Wildman–Crippen MR) is 79.2 cm³/mol. The number of aryl methyl sites for hydroxylation is 2. The maximum atomic E-state index is 4.82. The molecule has 1 aromatic heterocycles. The second kappa shape index (κ2) is 6.67. The molecule has 102 valence electrons. The van der Waals surface area contributed by atoms with E-state index in [2.05, 4.69) is 26.2 Å². The van der Waals surface area contributed by atoms with Crippen LogP contribution in [-0.4, -0.2) is 12.0 Å². The standard InChI is InChI=1S/C15H26N2S/c1-4-13-11(2)18-15(17-13)14(16-3)10-12-8-6-5-7-9-12/h12,14,16H,4-10H2,1-3H3. The summed E-state index contributed by atoms with van der Waals surface area (Å²) in [4.78, 5) is 6.22. The summed E-state index contributed by atoms with van der Waals surface area (Å²) in [6.07, 6.45) is 9.47. The Kier molecular flexibility index (Phi) is 5.19. The minimum absolute atomic E-state index is 0.470. The maximum absolute atomic E-state index is 4.82. The van der Waals surface area contributed by atoms with Gasteiger partial charge in [-0.25, -0.2) is 4.98 Å². The van der Waals surface area contributed by atoms with Crippen molar-refractivity contribution in [2.45, 2.75) is 64.8 Å². The van der Waals surface area contributed by atoms with Crippen LogP contribution in [0, 0.1) is 12.8 Å². The molecule has 3 heteroatoms. The molecule has 0 saturated heterocycles. The van der Waals surface area contributed by atoms with E-state index in [4.69, 9.17) is 4.98 Å². The smallest absolute Gasteiger partial charge is 0.110 e. The Morgan fingerprint density at radius 3 is 2.61 bits per heavy atom. The third-order valence-corrected chi connectivity index (χ3v) is 5.31. The molecule has 0 aromatic carbocycles. The molecule has 1 unspecified atom stereocenters. The molecule has 1 N–H and O–H groups in total. The largest absolute Gasteiger partial charge is 0.311 e. The molecule has 18 heavy (non-hydrogen) atoms. The van der Waals surface area contributed by atoms with Gasteiger partial charge < -0.3 is 5.32 Å². The van der Waals surface area contributed by atoms with E-state index in [1.54, 1.807) is 0 Å². The number of hydrogen-bond donors (Lipinski definition) is 1. The molecule has 1 saturated carbocycles. The van der Waals surface area contributed by atoms with E-state index in [9.17, 15) is 0 Å². The van der Waals surface area contributed by atoms with Gasteiger partial charge in [0.1, 0.15) is 5.01 Å². The number of nitrogens with one attached hydrogen (secondary N) is 1. The number of rotatable bonds is 5. The number of nitrogens with zero attached hydrogens (tertiary/aromatic N) is 1. The van der Waals surface area contributed by atoms with Gasteiger partial charge in [-0.05, 0) is 32.7 Å². The fourth-order valence-corrected chi connectivity index (χ4v) is 4.16. The van der Waals surface area contributed by atoms with Crippen LogP contribution in [-0.2, 0) is 6.42 Å². The second-order valence-electron chi connectivity index (χ2n) is 5.49. The molecule has 1 aliphatic rings. The van der Waals surface area contributed by atoms with Gasteiger partial charge in [-0.15, -0.1) is 11.3 Å². The lowest BCUT2D eigenvalue weighted by Gasteiger charge is -2.25. The molecule has 0 spiro atoms. The molecule has 0 amide bonds. The van der Waals surface area contributed by atoms with Gasteiger partial charge in [0, 0.05) is 4.88 Å². The van der Waals surface area contributed by atoms with Gasteiger partial charge in [-0.3, -0.25) is 0 Å². The lowest BCUT2D eigenvalue weighted by Crippen LogP contribution is -2.21. The summed E-state index contributed by atoms with van der Waals surface area (Å²) in [5.74, 6) is 0.908. The Morgan fingerprint density at radius 2 is 2.06 bits per heavy atom. The van der Waals surface area contributed by atoms with Crippen molar-refractivity contribution in [2.75, 3.05) is 7.05 Å². The first-order chi connectivity index (χ1) is 8.74. The average molecular weight is 266 g/mol. The summed E-state index contributed by atoms with van der Waals surface area (Å²) >= 11 is 1.89. The minimum atomic E-state index is 0.470. The Balaban J connectivity index is 2.02. The number of thiazole rings is 1. The molecule has 1 fully saturated rings. The summed E-state index contributed by atoms with van der Waals surface area (Å²) in [5, 5.41) is 4.78. The van der Waals surface area contributed by atoms with E-state index in [0.717, 1.165) is 12.3 Å². The second-order valence-corrected chi connectivity index (χ2v) is 6.72. The molecular weight excluding hydrogens is 240 g/mol. The quantitative estimate of drug-likeness (QED) is 0.862. The van der Waals surface area contributed by atoms with Gasteiger partial charge in [0.15, 0.2) is 0 Å². The highest BCUT2D eigenvalue weighted by Crippen LogP contribution is 2.33. The Labute approximate surface area is 115 Å². The van der Waals surface area contributed by atoms with Crippen LogP contribution in [0.2, 0.25) is 0 Å². The highest BCUT2D eigenvalue weighted by Gasteiger charge is 2.21.